The van der Waals surface area contributed by atoms with Crippen LogP contribution in [0.15, 0.2) is 0 Å². The molecule has 0 aliphatic heterocycles. The van der Waals surface area contributed by atoms with Gasteiger partial charge in [-0.05, 0) is 18.6 Å². The molecule has 2 N–H and O–H groups in total. The number of amides is 1. The fourth-order valence-corrected chi connectivity index (χ4v) is 0.667. The quantitative estimate of drug-likeness (QED) is 0.488. The second kappa shape index (κ2) is 5.52. The number of halogens is 1. The maximum absolute atomic E-state index is 10.5. The Morgan fingerprint density at radius 2 is 2.20 bits per heavy atom. The van der Waals surface area contributed by atoms with Crippen molar-refractivity contribution in [2.75, 3.05) is 13.6 Å². The average Bonchev–Trinajstić information content (AvgIpc) is 1.85. The first kappa shape index (κ1) is 9.74. The summed E-state index contributed by atoms with van der Waals surface area (Å²) in [6.07, 6.45) is 0. The molecule has 6 heteroatoms. The van der Waals surface area contributed by atoms with E-state index >= 15 is 0 Å². The zero-order valence-electron chi connectivity index (χ0n) is 5.31. The summed E-state index contributed by atoms with van der Waals surface area (Å²) < 4.78 is 2.54. The lowest BCUT2D eigenvalue weighted by atomic mass is 10.7. The zero-order valence-corrected chi connectivity index (χ0v) is 6.88. The summed E-state index contributed by atoms with van der Waals surface area (Å²) in [7, 11) is 1.60. The Morgan fingerprint density at radius 3 is 2.60 bits per heavy atom. The molecule has 0 saturated carbocycles. The number of hydrogen-bond acceptors (Lipinski definition) is 4. The van der Waals surface area contributed by atoms with Crippen LogP contribution < -0.4 is 10.0 Å². The summed E-state index contributed by atoms with van der Waals surface area (Å²) in [5.74, 6) is 0. The van der Waals surface area contributed by atoms with Crippen LogP contribution in [0.1, 0.15) is 0 Å². The summed E-state index contributed by atoms with van der Waals surface area (Å²) in [5.41, 5.74) is 0. The predicted octanol–water partition coefficient (Wildman–Crippen LogP) is 0.329. The molecule has 58 valence electrons. The average molecular weight is 183 g/mol. The highest BCUT2D eigenvalue weighted by Crippen LogP contribution is 1.91. The van der Waals surface area contributed by atoms with Crippen LogP contribution in [0.2, 0.25) is 0 Å². The smallest absolute Gasteiger partial charge is 0.294 e. The van der Waals surface area contributed by atoms with Crippen molar-refractivity contribution < 1.29 is 9.59 Å². The first-order valence-corrected chi connectivity index (χ1v) is 3.66. The number of carbonyl (C=O) groups is 2. The molecule has 0 aliphatic rings. The highest BCUT2D eigenvalue weighted by Gasteiger charge is 2.00. The number of hydrogen-bond donors (Lipinski definition) is 2. The lowest BCUT2D eigenvalue weighted by Crippen LogP contribution is -2.25. The van der Waals surface area contributed by atoms with Gasteiger partial charge in [0.1, 0.15) is 0 Å². The standard InChI is InChI=1S/C4H7ClN2O2S/c1-6-10-4(9)7-2-3(5)8/h6H,2H2,1H3,(H,7,9). The summed E-state index contributed by atoms with van der Waals surface area (Å²) in [4.78, 5) is 20.6. The second-order valence-corrected chi connectivity index (χ2v) is 2.71. The first-order chi connectivity index (χ1) is 4.66. The van der Waals surface area contributed by atoms with Gasteiger partial charge in [0.25, 0.3) is 5.24 Å². The predicted molar refractivity (Wildman–Crippen MR) is 40.9 cm³/mol. The molecule has 0 aromatic heterocycles. The van der Waals surface area contributed by atoms with Gasteiger partial charge in [-0.1, -0.05) is 0 Å². The van der Waals surface area contributed by atoms with Crippen LogP contribution in [0, 0.1) is 0 Å². The van der Waals surface area contributed by atoms with Crippen molar-refractivity contribution in [2.45, 2.75) is 0 Å². The Bertz CT molecular complexity index is 141. The molecular formula is C4H7ClN2O2S. The SMILES string of the molecule is CNSC(=O)NCC(=O)Cl. The van der Waals surface area contributed by atoms with E-state index in [9.17, 15) is 9.59 Å². The largest absolute Gasteiger partial charge is 0.337 e. The highest BCUT2D eigenvalue weighted by atomic mass is 35.5. The molecule has 0 heterocycles. The van der Waals surface area contributed by atoms with Crippen molar-refractivity contribution in [3.63, 3.8) is 0 Å². The van der Waals surface area contributed by atoms with Gasteiger partial charge >= 0.3 is 0 Å². The minimum Gasteiger partial charge on any atom is -0.337 e. The van der Waals surface area contributed by atoms with E-state index < -0.39 is 5.24 Å². The third kappa shape index (κ3) is 5.87. The van der Waals surface area contributed by atoms with E-state index in [1.807, 2.05) is 0 Å². The maximum Gasteiger partial charge on any atom is 0.294 e. The van der Waals surface area contributed by atoms with Crippen LogP contribution in [0.3, 0.4) is 0 Å². The molecular weight excluding hydrogens is 176 g/mol. The summed E-state index contributed by atoms with van der Waals surface area (Å²) in [6.45, 7) is -0.130. The Morgan fingerprint density at radius 1 is 1.60 bits per heavy atom. The lowest BCUT2D eigenvalue weighted by Gasteiger charge is -1.97. The fourth-order valence-electron chi connectivity index (χ4n) is 0.270. The lowest BCUT2D eigenvalue weighted by molar-refractivity contribution is -0.110. The highest BCUT2D eigenvalue weighted by molar-refractivity contribution is 8.11. The minimum absolute atomic E-state index is 0.130. The fraction of sp³-hybridized carbons (Fsp3) is 0.500. The van der Waals surface area contributed by atoms with E-state index in [1.165, 1.54) is 0 Å². The third-order valence-electron chi connectivity index (χ3n) is 0.566. The van der Waals surface area contributed by atoms with Gasteiger partial charge in [0.15, 0.2) is 0 Å². The summed E-state index contributed by atoms with van der Waals surface area (Å²) in [5, 5.41) is 1.36. The van der Waals surface area contributed by atoms with E-state index in [4.69, 9.17) is 11.6 Å². The number of carbonyl (C=O) groups excluding carboxylic acids is 2. The topological polar surface area (TPSA) is 58.2 Å². The Balaban J connectivity index is 3.30. The molecule has 1 amide bonds. The molecule has 0 bridgehead atoms. The van der Waals surface area contributed by atoms with E-state index in [0.29, 0.717) is 0 Å². The monoisotopic (exact) mass is 182 g/mol. The molecule has 0 aromatic carbocycles. The van der Waals surface area contributed by atoms with Gasteiger partial charge < -0.3 is 5.32 Å². The van der Waals surface area contributed by atoms with Crippen molar-refractivity contribution in [3.8, 4) is 0 Å². The van der Waals surface area contributed by atoms with Gasteiger partial charge in [-0.2, -0.15) is 0 Å². The van der Waals surface area contributed by atoms with E-state index in [2.05, 4.69) is 10.0 Å². The Hall–Kier alpha value is -0.260. The van der Waals surface area contributed by atoms with Crippen LogP contribution in [-0.4, -0.2) is 24.1 Å². The summed E-state index contributed by atoms with van der Waals surface area (Å²) in [6, 6.07) is 0. The van der Waals surface area contributed by atoms with Crippen molar-refractivity contribution >= 4 is 34.0 Å². The normalized spacial score (nSPS) is 9.00. The van der Waals surface area contributed by atoms with Gasteiger partial charge in [-0.15, -0.1) is 0 Å². The van der Waals surface area contributed by atoms with Crippen LogP contribution in [0.5, 0.6) is 0 Å². The molecule has 10 heavy (non-hydrogen) atoms. The van der Waals surface area contributed by atoms with Gasteiger partial charge in [0.2, 0.25) is 5.24 Å². The molecule has 0 spiro atoms. The summed E-state index contributed by atoms with van der Waals surface area (Å²) >= 11 is 5.80. The molecule has 0 atom stereocenters. The Labute approximate surface area is 67.8 Å². The van der Waals surface area contributed by atoms with Gasteiger partial charge in [0.05, 0.1) is 6.54 Å². The molecule has 4 nitrogen and oxygen atoms in total. The number of nitrogens with one attached hydrogen (secondary N) is 2. The third-order valence-corrected chi connectivity index (χ3v) is 1.23. The molecule has 0 saturated heterocycles. The van der Waals surface area contributed by atoms with Gasteiger partial charge in [-0.25, -0.2) is 0 Å². The maximum atomic E-state index is 10.5. The van der Waals surface area contributed by atoms with Crippen LogP contribution >= 0.6 is 23.5 Å². The van der Waals surface area contributed by atoms with Crippen LogP contribution in [0.25, 0.3) is 0 Å². The van der Waals surface area contributed by atoms with E-state index in [1.54, 1.807) is 7.05 Å². The molecule has 0 radical (unpaired) electrons. The zero-order chi connectivity index (χ0) is 7.98. The van der Waals surface area contributed by atoms with Gasteiger partial charge in [0, 0.05) is 11.9 Å². The van der Waals surface area contributed by atoms with Crippen LogP contribution in [-0.2, 0) is 4.79 Å². The Kier molecular flexibility index (Phi) is 5.38. The number of rotatable bonds is 3. The molecule has 0 aliphatic carbocycles. The second-order valence-electron chi connectivity index (χ2n) is 1.30. The van der Waals surface area contributed by atoms with E-state index in [-0.39, 0.29) is 11.8 Å². The minimum atomic E-state index is -0.579. The van der Waals surface area contributed by atoms with Crippen molar-refractivity contribution in [1.29, 1.82) is 0 Å². The van der Waals surface area contributed by atoms with Gasteiger partial charge in [-0.3, -0.25) is 14.3 Å². The van der Waals surface area contributed by atoms with E-state index in [0.717, 1.165) is 11.9 Å². The molecule has 0 rings (SSSR count). The molecule has 0 fully saturated rings. The van der Waals surface area contributed by atoms with Crippen LogP contribution in [0.4, 0.5) is 4.79 Å². The van der Waals surface area contributed by atoms with Crippen molar-refractivity contribution in [3.05, 3.63) is 0 Å². The van der Waals surface area contributed by atoms with Crippen molar-refractivity contribution in [1.82, 2.24) is 10.0 Å². The van der Waals surface area contributed by atoms with Crippen molar-refractivity contribution in [2.24, 2.45) is 0 Å². The molecule has 0 unspecified atom stereocenters. The molecule has 0 aromatic rings. The first-order valence-electron chi connectivity index (χ1n) is 2.46.